The van der Waals surface area contributed by atoms with Crippen molar-refractivity contribution in [2.24, 2.45) is 5.92 Å². The van der Waals surface area contributed by atoms with E-state index in [0.717, 1.165) is 25.7 Å². The van der Waals surface area contributed by atoms with Crippen molar-refractivity contribution in [3.63, 3.8) is 0 Å². The zero-order valence-corrected chi connectivity index (χ0v) is 13.8. The maximum atomic E-state index is 12.4. The monoisotopic (exact) mass is 315 g/mol. The molecule has 0 radical (unpaired) electrons. The molecule has 124 valence electrons. The number of carbonyl (C=O) groups is 1. The van der Waals surface area contributed by atoms with Gasteiger partial charge in [0.05, 0.1) is 23.4 Å². The molecule has 1 aliphatic rings. The van der Waals surface area contributed by atoms with Crippen LogP contribution in [0.3, 0.4) is 0 Å². The largest absolute Gasteiger partial charge is 0.393 e. The maximum Gasteiger partial charge on any atom is 0.241 e. The van der Waals surface area contributed by atoms with E-state index in [-0.39, 0.29) is 24.0 Å². The van der Waals surface area contributed by atoms with Gasteiger partial charge in [-0.15, -0.1) is 0 Å². The van der Waals surface area contributed by atoms with Crippen LogP contribution in [0, 0.1) is 17.2 Å². The second-order valence-electron chi connectivity index (χ2n) is 6.37. The first-order valence-corrected chi connectivity index (χ1v) is 8.21. The third kappa shape index (κ3) is 4.54. The molecule has 0 saturated heterocycles. The lowest BCUT2D eigenvalue weighted by Gasteiger charge is -2.33. The number of rotatable bonds is 5. The number of likely N-dealkylation sites (N-methyl/N-ethyl adjacent to an activating group) is 1. The van der Waals surface area contributed by atoms with Crippen LogP contribution in [0.4, 0.5) is 5.69 Å². The molecule has 1 aromatic carbocycles. The van der Waals surface area contributed by atoms with E-state index in [1.54, 1.807) is 24.3 Å². The molecule has 0 aliphatic heterocycles. The zero-order chi connectivity index (χ0) is 16.8. The van der Waals surface area contributed by atoms with E-state index in [4.69, 9.17) is 5.26 Å². The van der Waals surface area contributed by atoms with E-state index in [9.17, 15) is 9.90 Å². The molecule has 5 nitrogen and oxygen atoms in total. The topological polar surface area (TPSA) is 76.4 Å². The van der Waals surface area contributed by atoms with E-state index in [2.05, 4.69) is 11.4 Å². The average Bonchev–Trinajstić information content (AvgIpc) is 2.56. The van der Waals surface area contributed by atoms with Gasteiger partial charge in [0, 0.05) is 6.54 Å². The molecule has 3 atom stereocenters. The quantitative estimate of drug-likeness (QED) is 0.874. The van der Waals surface area contributed by atoms with Gasteiger partial charge in [-0.2, -0.15) is 5.26 Å². The van der Waals surface area contributed by atoms with E-state index in [0.29, 0.717) is 17.8 Å². The fraction of sp³-hybridized carbons (Fsp3) is 0.556. The highest BCUT2D eigenvalue weighted by atomic mass is 16.3. The maximum absolute atomic E-state index is 12.4. The van der Waals surface area contributed by atoms with Crippen molar-refractivity contribution < 1.29 is 9.90 Å². The van der Waals surface area contributed by atoms with Crippen molar-refractivity contribution in [3.8, 4) is 6.07 Å². The van der Waals surface area contributed by atoms with Crippen LogP contribution in [-0.4, -0.2) is 41.7 Å². The Hall–Kier alpha value is -1.90. The van der Waals surface area contributed by atoms with Crippen molar-refractivity contribution in [2.75, 3.05) is 18.9 Å². The summed E-state index contributed by atoms with van der Waals surface area (Å²) in [6.07, 6.45) is 3.83. The number of hydrogen-bond donors (Lipinski definition) is 2. The van der Waals surface area contributed by atoms with E-state index in [1.165, 1.54) is 0 Å². The minimum Gasteiger partial charge on any atom is -0.393 e. The number of anilines is 1. The molecular weight excluding hydrogens is 290 g/mol. The Morgan fingerprint density at radius 2 is 2.13 bits per heavy atom. The van der Waals surface area contributed by atoms with Crippen LogP contribution in [-0.2, 0) is 4.79 Å². The zero-order valence-electron chi connectivity index (χ0n) is 13.8. The van der Waals surface area contributed by atoms with Crippen molar-refractivity contribution >= 4 is 11.6 Å². The lowest BCUT2D eigenvalue weighted by Crippen LogP contribution is -2.44. The summed E-state index contributed by atoms with van der Waals surface area (Å²) >= 11 is 0. The third-order valence-corrected chi connectivity index (χ3v) is 4.74. The summed E-state index contributed by atoms with van der Waals surface area (Å²) < 4.78 is 0. The fourth-order valence-electron chi connectivity index (χ4n) is 3.06. The van der Waals surface area contributed by atoms with E-state index >= 15 is 0 Å². The molecule has 3 unspecified atom stereocenters. The van der Waals surface area contributed by atoms with Crippen molar-refractivity contribution in [1.29, 1.82) is 5.26 Å². The summed E-state index contributed by atoms with van der Waals surface area (Å²) in [5, 5.41) is 22.0. The Morgan fingerprint density at radius 3 is 2.83 bits per heavy atom. The molecule has 0 bridgehead atoms. The predicted octanol–water partition coefficient (Wildman–Crippen LogP) is 2.37. The SMILES string of the molecule is CC(C(=O)Nc1ccccc1C#N)N(C)CC1CCCCC1O. The first-order chi connectivity index (χ1) is 11.0. The summed E-state index contributed by atoms with van der Waals surface area (Å²) in [6, 6.07) is 8.74. The van der Waals surface area contributed by atoms with Gasteiger partial charge in [0.15, 0.2) is 0 Å². The van der Waals surface area contributed by atoms with Gasteiger partial charge >= 0.3 is 0 Å². The molecule has 1 saturated carbocycles. The number of aliphatic hydroxyl groups excluding tert-OH is 1. The van der Waals surface area contributed by atoms with Gasteiger partial charge in [-0.3, -0.25) is 9.69 Å². The number of amides is 1. The van der Waals surface area contributed by atoms with Crippen LogP contribution in [0.2, 0.25) is 0 Å². The summed E-state index contributed by atoms with van der Waals surface area (Å²) in [7, 11) is 1.90. The second kappa shape index (κ2) is 8.09. The predicted molar refractivity (Wildman–Crippen MR) is 89.8 cm³/mol. The Morgan fingerprint density at radius 1 is 1.43 bits per heavy atom. The number of benzene rings is 1. The van der Waals surface area contributed by atoms with Gasteiger partial charge in [0.25, 0.3) is 0 Å². The van der Waals surface area contributed by atoms with E-state index < -0.39 is 0 Å². The number of para-hydroxylation sites is 1. The Balaban J connectivity index is 1.94. The second-order valence-corrected chi connectivity index (χ2v) is 6.37. The minimum atomic E-state index is -0.323. The fourth-order valence-corrected chi connectivity index (χ4v) is 3.06. The van der Waals surface area contributed by atoms with E-state index in [1.807, 2.05) is 18.9 Å². The van der Waals surface area contributed by atoms with Gasteiger partial charge in [-0.05, 0) is 44.9 Å². The van der Waals surface area contributed by atoms with Crippen molar-refractivity contribution in [1.82, 2.24) is 4.90 Å². The molecule has 0 aromatic heterocycles. The van der Waals surface area contributed by atoms with Gasteiger partial charge in [0.2, 0.25) is 5.91 Å². The van der Waals surface area contributed by atoms with Gasteiger partial charge in [-0.25, -0.2) is 0 Å². The highest BCUT2D eigenvalue weighted by molar-refractivity contribution is 5.95. The van der Waals surface area contributed by atoms with Gasteiger partial charge < -0.3 is 10.4 Å². The molecule has 1 fully saturated rings. The van der Waals surface area contributed by atoms with Crippen LogP contribution in [0.25, 0.3) is 0 Å². The summed E-state index contributed by atoms with van der Waals surface area (Å²) in [6.45, 7) is 2.55. The average molecular weight is 315 g/mol. The lowest BCUT2D eigenvalue weighted by atomic mass is 9.86. The number of nitrogens with zero attached hydrogens (tertiary/aromatic N) is 2. The Kier molecular flexibility index (Phi) is 6.14. The van der Waals surface area contributed by atoms with Gasteiger partial charge in [0.1, 0.15) is 6.07 Å². The molecule has 0 spiro atoms. The Labute approximate surface area is 137 Å². The normalized spacial score (nSPS) is 22.4. The van der Waals surface area contributed by atoms with Crippen molar-refractivity contribution in [2.45, 2.75) is 44.8 Å². The molecule has 23 heavy (non-hydrogen) atoms. The third-order valence-electron chi connectivity index (χ3n) is 4.74. The van der Waals surface area contributed by atoms with Crippen molar-refractivity contribution in [3.05, 3.63) is 29.8 Å². The number of carbonyl (C=O) groups excluding carboxylic acids is 1. The molecule has 0 heterocycles. The highest BCUT2D eigenvalue weighted by Gasteiger charge is 2.27. The molecule has 2 rings (SSSR count). The van der Waals surface area contributed by atoms with Crippen LogP contribution >= 0.6 is 0 Å². The molecule has 1 aliphatic carbocycles. The van der Waals surface area contributed by atoms with Crippen LogP contribution in [0.5, 0.6) is 0 Å². The number of hydrogen-bond acceptors (Lipinski definition) is 4. The summed E-state index contributed by atoms with van der Waals surface area (Å²) in [4.78, 5) is 14.4. The molecule has 2 N–H and O–H groups in total. The standard InChI is InChI=1S/C18H25N3O2/c1-13(21(2)12-15-8-4-6-10-17(15)22)18(23)20-16-9-5-3-7-14(16)11-19/h3,5,7,9,13,15,17,22H,4,6,8,10,12H2,1-2H3,(H,20,23). The van der Waals surface area contributed by atoms with Crippen LogP contribution in [0.1, 0.15) is 38.2 Å². The first-order valence-electron chi connectivity index (χ1n) is 8.21. The summed E-state index contributed by atoms with van der Waals surface area (Å²) in [5.41, 5.74) is 0.997. The van der Waals surface area contributed by atoms with Crippen LogP contribution in [0.15, 0.2) is 24.3 Å². The number of nitrogens with one attached hydrogen (secondary N) is 1. The summed E-state index contributed by atoms with van der Waals surface area (Å²) in [5.74, 6) is 0.0934. The first kappa shape index (κ1) is 17.5. The minimum absolute atomic E-state index is 0.138. The number of nitriles is 1. The smallest absolute Gasteiger partial charge is 0.241 e. The highest BCUT2D eigenvalue weighted by Crippen LogP contribution is 2.25. The lowest BCUT2D eigenvalue weighted by molar-refractivity contribution is -0.120. The van der Waals surface area contributed by atoms with Gasteiger partial charge in [-0.1, -0.05) is 25.0 Å². The van der Waals surface area contributed by atoms with Crippen LogP contribution < -0.4 is 5.32 Å². The molecule has 5 heteroatoms. The number of aliphatic hydroxyl groups is 1. The Bertz CT molecular complexity index is 582. The molecule has 1 amide bonds. The molecule has 1 aromatic rings. The molecular formula is C18H25N3O2.